The second-order valence-corrected chi connectivity index (χ2v) is 4.36. The lowest BCUT2D eigenvalue weighted by molar-refractivity contribution is -0.137. The van der Waals surface area contributed by atoms with Gasteiger partial charge in [-0.05, 0) is 52.9 Å². The monoisotopic (exact) mass is 272 g/mol. The summed E-state index contributed by atoms with van der Waals surface area (Å²) in [5.41, 5.74) is 1.84. The SMILES string of the molecule is Cc1cc(Br)c(O)c(CCCC(=O)O)c1. The highest BCUT2D eigenvalue weighted by molar-refractivity contribution is 9.10. The summed E-state index contributed by atoms with van der Waals surface area (Å²) in [6.45, 7) is 1.94. The van der Waals surface area contributed by atoms with E-state index in [9.17, 15) is 9.90 Å². The molecule has 1 aromatic carbocycles. The summed E-state index contributed by atoms with van der Waals surface area (Å²) in [5.74, 6) is -0.591. The van der Waals surface area contributed by atoms with Gasteiger partial charge in [-0.3, -0.25) is 4.79 Å². The highest BCUT2D eigenvalue weighted by atomic mass is 79.9. The van der Waals surface area contributed by atoms with Gasteiger partial charge in [0.2, 0.25) is 0 Å². The van der Waals surface area contributed by atoms with Gasteiger partial charge in [-0.15, -0.1) is 0 Å². The number of aryl methyl sites for hydroxylation is 2. The predicted octanol–water partition coefficient (Wildman–Crippen LogP) is 2.87. The maximum absolute atomic E-state index is 10.3. The zero-order chi connectivity index (χ0) is 11.4. The van der Waals surface area contributed by atoms with Crippen molar-refractivity contribution in [1.29, 1.82) is 0 Å². The maximum atomic E-state index is 10.3. The molecule has 0 saturated heterocycles. The van der Waals surface area contributed by atoms with Gasteiger partial charge in [0.25, 0.3) is 0 Å². The zero-order valence-electron chi connectivity index (χ0n) is 8.46. The molecule has 0 atom stereocenters. The van der Waals surface area contributed by atoms with E-state index < -0.39 is 5.97 Å². The van der Waals surface area contributed by atoms with Crippen molar-refractivity contribution >= 4 is 21.9 Å². The van der Waals surface area contributed by atoms with E-state index in [-0.39, 0.29) is 12.2 Å². The van der Waals surface area contributed by atoms with Gasteiger partial charge >= 0.3 is 5.97 Å². The van der Waals surface area contributed by atoms with Crippen molar-refractivity contribution < 1.29 is 15.0 Å². The van der Waals surface area contributed by atoms with E-state index in [1.807, 2.05) is 19.1 Å². The molecule has 0 aliphatic rings. The molecule has 0 fully saturated rings. The van der Waals surface area contributed by atoms with Crippen LogP contribution >= 0.6 is 15.9 Å². The second-order valence-electron chi connectivity index (χ2n) is 3.50. The molecule has 0 heterocycles. The average Bonchev–Trinajstić information content (AvgIpc) is 2.12. The molecule has 0 saturated carbocycles. The summed E-state index contributed by atoms with van der Waals surface area (Å²) in [6, 6.07) is 3.71. The van der Waals surface area contributed by atoms with E-state index in [2.05, 4.69) is 15.9 Å². The van der Waals surface area contributed by atoms with Crippen LogP contribution in [0.5, 0.6) is 5.75 Å². The molecule has 0 amide bonds. The summed E-state index contributed by atoms with van der Waals surface area (Å²) in [5, 5.41) is 18.2. The van der Waals surface area contributed by atoms with Crippen molar-refractivity contribution in [2.75, 3.05) is 0 Å². The highest BCUT2D eigenvalue weighted by Gasteiger charge is 2.07. The smallest absolute Gasteiger partial charge is 0.303 e. The van der Waals surface area contributed by atoms with E-state index >= 15 is 0 Å². The fourth-order valence-electron chi connectivity index (χ4n) is 1.43. The number of carboxylic acids is 1. The van der Waals surface area contributed by atoms with Crippen LogP contribution in [0.4, 0.5) is 0 Å². The molecule has 82 valence electrons. The molecule has 0 bridgehead atoms. The maximum Gasteiger partial charge on any atom is 0.303 e. The Balaban J connectivity index is 2.72. The van der Waals surface area contributed by atoms with Gasteiger partial charge in [0, 0.05) is 6.42 Å². The Labute approximate surface area is 96.9 Å². The van der Waals surface area contributed by atoms with Gasteiger partial charge in [0.05, 0.1) is 4.47 Å². The van der Waals surface area contributed by atoms with Crippen LogP contribution in [0.25, 0.3) is 0 Å². The molecular weight excluding hydrogens is 260 g/mol. The van der Waals surface area contributed by atoms with Crippen LogP contribution in [0, 0.1) is 6.92 Å². The Morgan fingerprint density at radius 3 is 2.73 bits per heavy atom. The number of carboxylic acid groups (broad SMARTS) is 1. The first-order chi connectivity index (χ1) is 7.00. The topological polar surface area (TPSA) is 57.5 Å². The van der Waals surface area contributed by atoms with Crippen LogP contribution in [-0.4, -0.2) is 16.2 Å². The molecular formula is C11H13BrO3. The van der Waals surface area contributed by atoms with Gasteiger partial charge in [-0.2, -0.15) is 0 Å². The summed E-state index contributed by atoms with van der Waals surface area (Å²) >= 11 is 3.25. The van der Waals surface area contributed by atoms with Gasteiger partial charge in [-0.1, -0.05) is 6.07 Å². The number of hydrogen-bond acceptors (Lipinski definition) is 2. The Morgan fingerprint density at radius 2 is 2.13 bits per heavy atom. The molecule has 0 unspecified atom stereocenters. The molecule has 3 nitrogen and oxygen atoms in total. The number of phenolic OH excluding ortho intramolecular Hbond substituents is 1. The molecule has 4 heteroatoms. The highest BCUT2D eigenvalue weighted by Crippen LogP contribution is 2.30. The molecule has 0 aliphatic carbocycles. The van der Waals surface area contributed by atoms with E-state index in [1.54, 1.807) is 0 Å². The van der Waals surface area contributed by atoms with E-state index in [0.29, 0.717) is 17.3 Å². The van der Waals surface area contributed by atoms with Crippen molar-refractivity contribution in [3.8, 4) is 5.75 Å². The largest absolute Gasteiger partial charge is 0.506 e. The minimum Gasteiger partial charge on any atom is -0.506 e. The van der Waals surface area contributed by atoms with Gasteiger partial charge < -0.3 is 10.2 Å². The van der Waals surface area contributed by atoms with Crippen molar-refractivity contribution in [1.82, 2.24) is 0 Å². The Hall–Kier alpha value is -1.03. The average molecular weight is 273 g/mol. The van der Waals surface area contributed by atoms with E-state index in [1.165, 1.54) is 0 Å². The lowest BCUT2D eigenvalue weighted by Crippen LogP contribution is -1.96. The number of benzene rings is 1. The van der Waals surface area contributed by atoms with Gasteiger partial charge in [0.15, 0.2) is 0 Å². The van der Waals surface area contributed by atoms with E-state index in [4.69, 9.17) is 5.11 Å². The first-order valence-electron chi connectivity index (χ1n) is 4.70. The minimum atomic E-state index is -0.804. The molecule has 1 aromatic rings. The van der Waals surface area contributed by atoms with Crippen LogP contribution in [0.3, 0.4) is 0 Å². The normalized spacial score (nSPS) is 10.3. The molecule has 0 aliphatic heterocycles. The molecule has 15 heavy (non-hydrogen) atoms. The number of aliphatic carboxylic acids is 1. The molecule has 0 aromatic heterocycles. The van der Waals surface area contributed by atoms with Gasteiger partial charge in [0.1, 0.15) is 5.75 Å². The van der Waals surface area contributed by atoms with Crippen LogP contribution < -0.4 is 0 Å². The number of aromatic hydroxyl groups is 1. The van der Waals surface area contributed by atoms with Crippen molar-refractivity contribution in [2.24, 2.45) is 0 Å². The third-order valence-corrected chi connectivity index (χ3v) is 2.73. The van der Waals surface area contributed by atoms with Crippen LogP contribution in [0.1, 0.15) is 24.0 Å². The Bertz CT molecular complexity index is 374. The fourth-order valence-corrected chi connectivity index (χ4v) is 2.04. The molecule has 1 rings (SSSR count). The first kappa shape index (κ1) is 12.0. The second kappa shape index (κ2) is 5.16. The fraction of sp³-hybridized carbons (Fsp3) is 0.364. The van der Waals surface area contributed by atoms with Crippen LogP contribution in [0.15, 0.2) is 16.6 Å². The van der Waals surface area contributed by atoms with Crippen LogP contribution in [-0.2, 0) is 11.2 Å². The molecule has 0 radical (unpaired) electrons. The Morgan fingerprint density at radius 1 is 1.47 bits per heavy atom. The minimum absolute atomic E-state index is 0.130. The number of rotatable bonds is 4. The van der Waals surface area contributed by atoms with E-state index in [0.717, 1.165) is 11.1 Å². The van der Waals surface area contributed by atoms with Crippen LogP contribution in [0.2, 0.25) is 0 Å². The molecule has 2 N–H and O–H groups in total. The number of phenols is 1. The lowest BCUT2D eigenvalue weighted by Gasteiger charge is -2.07. The van der Waals surface area contributed by atoms with Crippen molar-refractivity contribution in [2.45, 2.75) is 26.2 Å². The van der Waals surface area contributed by atoms with Crippen molar-refractivity contribution in [3.05, 3.63) is 27.7 Å². The summed E-state index contributed by atoms with van der Waals surface area (Å²) in [7, 11) is 0. The first-order valence-corrected chi connectivity index (χ1v) is 5.50. The Kier molecular flexibility index (Phi) is 4.15. The number of hydrogen-bond donors (Lipinski definition) is 2. The number of carbonyl (C=O) groups is 1. The van der Waals surface area contributed by atoms with Gasteiger partial charge in [-0.25, -0.2) is 0 Å². The third-order valence-electron chi connectivity index (χ3n) is 2.12. The van der Waals surface area contributed by atoms with Crippen molar-refractivity contribution in [3.63, 3.8) is 0 Å². The lowest BCUT2D eigenvalue weighted by atomic mass is 10.0. The third kappa shape index (κ3) is 3.55. The predicted molar refractivity (Wildman–Crippen MR) is 61.1 cm³/mol. The summed E-state index contributed by atoms with van der Waals surface area (Å²) in [4.78, 5) is 10.3. The zero-order valence-corrected chi connectivity index (χ0v) is 10.0. The molecule has 0 spiro atoms. The summed E-state index contributed by atoms with van der Waals surface area (Å²) in [6.07, 6.45) is 1.25. The summed E-state index contributed by atoms with van der Waals surface area (Å²) < 4.78 is 0.660. The quantitative estimate of drug-likeness (QED) is 0.886. The standard InChI is InChI=1S/C11H13BrO3/c1-7-5-8(3-2-4-10(13)14)11(15)9(12)6-7/h5-6,15H,2-4H2,1H3,(H,13,14). The number of halogens is 1.